The Morgan fingerprint density at radius 3 is 2.23 bits per heavy atom. The molecular formula is C13H17N2O5PS. The van der Waals surface area contributed by atoms with Crippen LogP contribution in [0.15, 0.2) is 24.3 Å². The Balaban J connectivity index is 1.70. The van der Waals surface area contributed by atoms with Gasteiger partial charge in [0.05, 0.1) is 11.1 Å². The Morgan fingerprint density at radius 2 is 1.68 bits per heavy atom. The van der Waals surface area contributed by atoms with Gasteiger partial charge in [0.25, 0.3) is 11.8 Å². The molecule has 0 spiro atoms. The minimum atomic E-state index is -4.01. The molecule has 0 aromatic heterocycles. The number of carbonyl (C=O) groups excluding carboxylic acids is 2. The maximum absolute atomic E-state index is 12.1. The third-order valence-electron chi connectivity index (χ3n) is 3.15. The second-order valence-corrected chi connectivity index (χ2v) is 8.58. The number of amides is 2. The van der Waals surface area contributed by atoms with Crippen molar-refractivity contribution in [2.75, 3.05) is 25.4 Å². The molecule has 2 rings (SSSR count). The average Bonchev–Trinajstić information content (AvgIpc) is 2.70. The first-order valence-corrected chi connectivity index (χ1v) is 9.96. The van der Waals surface area contributed by atoms with Crippen molar-refractivity contribution in [2.24, 2.45) is 0 Å². The third-order valence-corrected chi connectivity index (χ3v) is 5.43. The molecule has 1 aromatic rings. The standard InChI is InChI=1S/C13H17N2O5PS/c16-12-10-4-1-2-5-11(10)13(17)15(12)8-3-6-14-7-9-22-21(18,19)20/h1-2,4-5,14H,3,6-9H2,(H2,18,19,20). The zero-order valence-corrected chi connectivity index (χ0v) is 13.5. The molecule has 2 amide bonds. The molecule has 0 unspecified atom stereocenters. The van der Waals surface area contributed by atoms with E-state index < -0.39 is 6.80 Å². The molecule has 0 bridgehead atoms. The van der Waals surface area contributed by atoms with E-state index in [0.29, 0.717) is 54.3 Å². The molecule has 0 fully saturated rings. The molecule has 1 heterocycles. The highest BCUT2D eigenvalue weighted by atomic mass is 32.7. The van der Waals surface area contributed by atoms with Crippen molar-refractivity contribution in [3.05, 3.63) is 35.4 Å². The lowest BCUT2D eigenvalue weighted by Crippen LogP contribution is -2.32. The molecule has 0 saturated heterocycles. The quantitative estimate of drug-likeness (QED) is 0.368. The first kappa shape index (κ1) is 17.2. The van der Waals surface area contributed by atoms with Crippen molar-refractivity contribution in [3.8, 4) is 0 Å². The van der Waals surface area contributed by atoms with Crippen LogP contribution in [0.25, 0.3) is 0 Å². The van der Waals surface area contributed by atoms with Crippen LogP contribution in [-0.2, 0) is 4.57 Å². The molecular weight excluding hydrogens is 327 g/mol. The molecule has 0 aliphatic carbocycles. The molecule has 1 aliphatic heterocycles. The summed E-state index contributed by atoms with van der Waals surface area (Å²) < 4.78 is 10.6. The molecule has 0 radical (unpaired) electrons. The maximum Gasteiger partial charge on any atom is 0.384 e. The van der Waals surface area contributed by atoms with E-state index in [1.807, 2.05) is 0 Å². The maximum atomic E-state index is 12.1. The topological polar surface area (TPSA) is 107 Å². The fourth-order valence-electron chi connectivity index (χ4n) is 2.17. The first-order valence-electron chi connectivity index (χ1n) is 6.76. The van der Waals surface area contributed by atoms with Crippen molar-refractivity contribution >= 4 is 30.0 Å². The zero-order valence-electron chi connectivity index (χ0n) is 11.8. The number of hydrogen-bond donors (Lipinski definition) is 3. The molecule has 3 N–H and O–H groups in total. The van der Waals surface area contributed by atoms with E-state index in [1.165, 1.54) is 4.90 Å². The van der Waals surface area contributed by atoms with Gasteiger partial charge in [0.1, 0.15) is 0 Å². The molecule has 0 saturated carbocycles. The normalized spacial score (nSPS) is 14.5. The Hall–Kier alpha value is -1.18. The number of hydrogen-bond acceptors (Lipinski definition) is 5. The summed E-state index contributed by atoms with van der Waals surface area (Å²) in [5.41, 5.74) is 0.886. The summed E-state index contributed by atoms with van der Waals surface area (Å²) in [6.07, 6.45) is 0.589. The van der Waals surface area contributed by atoms with Crippen molar-refractivity contribution < 1.29 is 23.9 Å². The monoisotopic (exact) mass is 344 g/mol. The van der Waals surface area contributed by atoms with Crippen LogP contribution in [0.1, 0.15) is 27.1 Å². The summed E-state index contributed by atoms with van der Waals surface area (Å²) in [6.45, 7) is -2.66. The van der Waals surface area contributed by atoms with E-state index in [4.69, 9.17) is 9.79 Å². The smallest absolute Gasteiger partial charge is 0.317 e. The highest BCUT2D eigenvalue weighted by Gasteiger charge is 2.34. The van der Waals surface area contributed by atoms with Crippen molar-refractivity contribution in [2.45, 2.75) is 6.42 Å². The third kappa shape index (κ3) is 4.41. The van der Waals surface area contributed by atoms with Gasteiger partial charge in [-0.25, -0.2) is 4.57 Å². The van der Waals surface area contributed by atoms with E-state index in [0.717, 1.165) is 0 Å². The van der Waals surface area contributed by atoms with Crippen LogP contribution in [0.4, 0.5) is 0 Å². The molecule has 120 valence electrons. The van der Waals surface area contributed by atoms with Gasteiger partial charge in [-0.1, -0.05) is 12.1 Å². The molecule has 1 aliphatic rings. The van der Waals surface area contributed by atoms with Crippen molar-refractivity contribution in [1.29, 1.82) is 0 Å². The van der Waals surface area contributed by atoms with Crippen LogP contribution in [0.2, 0.25) is 0 Å². The predicted molar refractivity (Wildman–Crippen MR) is 83.8 cm³/mol. The van der Waals surface area contributed by atoms with E-state index in [-0.39, 0.29) is 11.8 Å². The number of carbonyl (C=O) groups is 2. The van der Waals surface area contributed by atoms with Crippen LogP contribution in [0, 0.1) is 0 Å². The molecule has 1 aromatic carbocycles. The molecule has 22 heavy (non-hydrogen) atoms. The SMILES string of the molecule is O=C1c2ccccc2C(=O)N1CCCNCCSP(=O)(O)O. The van der Waals surface area contributed by atoms with Gasteiger partial charge in [0.15, 0.2) is 0 Å². The van der Waals surface area contributed by atoms with Crippen LogP contribution < -0.4 is 5.32 Å². The van der Waals surface area contributed by atoms with E-state index >= 15 is 0 Å². The number of imide groups is 1. The summed E-state index contributed by atoms with van der Waals surface area (Å²) >= 11 is 0.595. The second-order valence-electron chi connectivity index (χ2n) is 4.73. The molecule has 0 atom stereocenters. The average molecular weight is 344 g/mol. The largest absolute Gasteiger partial charge is 0.384 e. The highest BCUT2D eigenvalue weighted by Crippen LogP contribution is 2.49. The van der Waals surface area contributed by atoms with Gasteiger partial charge in [-0.05, 0) is 36.5 Å². The predicted octanol–water partition coefficient (Wildman–Crippen LogP) is 1.09. The minimum absolute atomic E-state index is 0.266. The Labute approximate surface area is 132 Å². The summed E-state index contributed by atoms with van der Waals surface area (Å²) in [7, 11) is 0. The van der Waals surface area contributed by atoms with E-state index in [9.17, 15) is 14.2 Å². The first-order chi connectivity index (χ1) is 10.4. The fraction of sp³-hybridized carbons (Fsp3) is 0.385. The van der Waals surface area contributed by atoms with Gasteiger partial charge in [0.2, 0.25) is 0 Å². The van der Waals surface area contributed by atoms with Crippen molar-refractivity contribution in [3.63, 3.8) is 0 Å². The summed E-state index contributed by atoms with van der Waals surface area (Å²) in [5, 5.41) is 3.02. The van der Waals surface area contributed by atoms with Crippen molar-refractivity contribution in [1.82, 2.24) is 10.2 Å². The summed E-state index contributed by atoms with van der Waals surface area (Å²) in [6, 6.07) is 6.75. The number of fused-ring (bicyclic) bond motifs is 1. The van der Waals surface area contributed by atoms with Crippen LogP contribution in [-0.4, -0.2) is 51.9 Å². The number of nitrogens with one attached hydrogen (secondary N) is 1. The lowest BCUT2D eigenvalue weighted by molar-refractivity contribution is 0.0652. The Bertz CT molecular complexity index is 583. The zero-order chi connectivity index (χ0) is 16.2. The van der Waals surface area contributed by atoms with Crippen LogP contribution >= 0.6 is 18.2 Å². The number of nitrogens with zero attached hydrogens (tertiary/aromatic N) is 1. The number of rotatable bonds is 8. The van der Waals surface area contributed by atoms with Gasteiger partial charge >= 0.3 is 6.80 Å². The second kappa shape index (κ2) is 7.39. The van der Waals surface area contributed by atoms with Gasteiger partial charge in [-0.3, -0.25) is 14.5 Å². The lowest BCUT2D eigenvalue weighted by Gasteiger charge is -2.13. The lowest BCUT2D eigenvalue weighted by atomic mass is 10.1. The number of benzene rings is 1. The Morgan fingerprint density at radius 1 is 1.09 bits per heavy atom. The van der Waals surface area contributed by atoms with Gasteiger partial charge < -0.3 is 15.1 Å². The van der Waals surface area contributed by atoms with E-state index in [2.05, 4.69) is 5.32 Å². The van der Waals surface area contributed by atoms with Crippen LogP contribution in [0.5, 0.6) is 0 Å². The summed E-state index contributed by atoms with van der Waals surface area (Å²) in [4.78, 5) is 42.7. The highest BCUT2D eigenvalue weighted by molar-refractivity contribution is 8.54. The van der Waals surface area contributed by atoms with Crippen LogP contribution in [0.3, 0.4) is 0 Å². The van der Waals surface area contributed by atoms with Gasteiger partial charge in [0, 0.05) is 18.8 Å². The molecule has 9 heteroatoms. The summed E-state index contributed by atoms with van der Waals surface area (Å²) in [5.74, 6) is -0.229. The molecule has 7 nitrogen and oxygen atoms in total. The Kier molecular flexibility index (Phi) is 5.77. The fourth-order valence-corrected chi connectivity index (χ4v) is 3.63. The van der Waals surface area contributed by atoms with Gasteiger partial charge in [-0.15, -0.1) is 0 Å². The van der Waals surface area contributed by atoms with Gasteiger partial charge in [-0.2, -0.15) is 0 Å². The van der Waals surface area contributed by atoms with E-state index in [1.54, 1.807) is 24.3 Å². The minimum Gasteiger partial charge on any atom is -0.317 e.